The van der Waals surface area contributed by atoms with E-state index in [1.807, 2.05) is 18.2 Å². The van der Waals surface area contributed by atoms with Crippen LogP contribution in [-0.2, 0) is 16.1 Å². The summed E-state index contributed by atoms with van der Waals surface area (Å²) >= 11 is 1.32. The van der Waals surface area contributed by atoms with Gasteiger partial charge < -0.3 is 19.6 Å². The Labute approximate surface area is 149 Å². The highest BCUT2D eigenvalue weighted by atomic mass is 32.1. The minimum Gasteiger partial charge on any atom is -0.493 e. The molecule has 25 heavy (non-hydrogen) atoms. The van der Waals surface area contributed by atoms with E-state index in [0.29, 0.717) is 29.3 Å². The Morgan fingerprint density at radius 2 is 2.04 bits per heavy atom. The van der Waals surface area contributed by atoms with Crippen LogP contribution in [0.15, 0.2) is 40.9 Å². The quantitative estimate of drug-likeness (QED) is 0.547. The second-order valence-corrected chi connectivity index (χ2v) is 5.80. The first kappa shape index (κ1) is 18.7. The molecule has 2 aromatic rings. The Morgan fingerprint density at radius 1 is 1.24 bits per heavy atom. The van der Waals surface area contributed by atoms with Crippen molar-refractivity contribution < 1.29 is 23.5 Å². The van der Waals surface area contributed by atoms with Crippen LogP contribution in [0.3, 0.4) is 0 Å². The van der Waals surface area contributed by atoms with Crippen LogP contribution in [0.5, 0.6) is 11.5 Å². The number of methoxy groups -OCH3 is 2. The van der Waals surface area contributed by atoms with Gasteiger partial charge in [-0.05, 0) is 35.6 Å². The number of benzene rings is 1. The minimum atomic E-state index is -1.09. The van der Waals surface area contributed by atoms with Gasteiger partial charge in [0.05, 0.1) is 19.1 Å². The second kappa shape index (κ2) is 9.63. The third kappa shape index (κ3) is 5.18. The number of nitrogens with zero attached hydrogens (tertiary/aromatic N) is 1. The van der Waals surface area contributed by atoms with Crippen LogP contribution in [0.25, 0.3) is 0 Å². The van der Waals surface area contributed by atoms with Crippen molar-refractivity contribution >= 4 is 23.0 Å². The van der Waals surface area contributed by atoms with Crippen molar-refractivity contribution in [3.63, 3.8) is 0 Å². The molecular weight excluding hydrogens is 347 g/mol. The van der Waals surface area contributed by atoms with Crippen LogP contribution in [0, 0.1) is 0 Å². The molecule has 0 saturated carbocycles. The first-order valence-electron chi connectivity index (χ1n) is 7.48. The van der Waals surface area contributed by atoms with Crippen molar-refractivity contribution in [3.05, 3.63) is 46.2 Å². The van der Waals surface area contributed by atoms with E-state index in [1.165, 1.54) is 11.3 Å². The number of amides is 1. The fraction of sp³-hybridized carbons (Fsp3) is 0.294. The van der Waals surface area contributed by atoms with E-state index >= 15 is 0 Å². The summed E-state index contributed by atoms with van der Waals surface area (Å²) in [6.07, 6.45) is 0.591. The SMILES string of the molecule is COc1ccc(CCNC(=O)/C(=N\OCF)c2cccs2)cc1OC. The third-order valence-electron chi connectivity index (χ3n) is 3.32. The highest BCUT2D eigenvalue weighted by molar-refractivity contribution is 7.13. The zero-order chi connectivity index (χ0) is 18.1. The maximum absolute atomic E-state index is 12.3. The lowest BCUT2D eigenvalue weighted by atomic mass is 10.1. The summed E-state index contributed by atoms with van der Waals surface area (Å²) in [7, 11) is 3.14. The standard InChI is InChI=1S/C17H19FN2O4S/c1-22-13-6-5-12(10-14(13)23-2)7-8-19-17(21)16(20-24-11-18)15-4-3-9-25-15/h3-6,9-10H,7-8,11H2,1-2H3,(H,19,21)/b20-16-. The summed E-state index contributed by atoms with van der Waals surface area (Å²) in [4.78, 5) is 17.3. The van der Waals surface area contributed by atoms with Crippen LogP contribution < -0.4 is 14.8 Å². The molecule has 0 saturated heterocycles. The number of halogens is 1. The normalized spacial score (nSPS) is 11.1. The average molecular weight is 366 g/mol. The van der Waals surface area contributed by atoms with Crippen LogP contribution in [0.2, 0.25) is 0 Å². The fourth-order valence-electron chi connectivity index (χ4n) is 2.14. The molecule has 6 nitrogen and oxygen atoms in total. The number of thiophene rings is 1. The Balaban J connectivity index is 1.97. The van der Waals surface area contributed by atoms with Crippen LogP contribution in [-0.4, -0.2) is 39.2 Å². The van der Waals surface area contributed by atoms with Crippen molar-refractivity contribution in [1.29, 1.82) is 0 Å². The van der Waals surface area contributed by atoms with Crippen LogP contribution in [0.1, 0.15) is 10.4 Å². The summed E-state index contributed by atoms with van der Waals surface area (Å²) in [5.74, 6) is 0.852. The maximum atomic E-state index is 12.3. The number of ether oxygens (including phenoxy) is 2. The van der Waals surface area contributed by atoms with Crippen molar-refractivity contribution in [2.24, 2.45) is 5.16 Å². The van der Waals surface area contributed by atoms with Gasteiger partial charge in [0.1, 0.15) is 0 Å². The molecule has 0 aliphatic rings. The zero-order valence-electron chi connectivity index (χ0n) is 14.0. The van der Waals surface area contributed by atoms with Crippen LogP contribution >= 0.6 is 11.3 Å². The van der Waals surface area contributed by atoms with E-state index in [0.717, 1.165) is 5.56 Å². The average Bonchev–Trinajstić information content (AvgIpc) is 3.16. The van der Waals surface area contributed by atoms with Crippen molar-refractivity contribution in [2.75, 3.05) is 27.6 Å². The Hall–Kier alpha value is -2.61. The van der Waals surface area contributed by atoms with Crippen molar-refractivity contribution in [1.82, 2.24) is 5.32 Å². The number of hydrogen-bond donors (Lipinski definition) is 1. The molecule has 0 radical (unpaired) electrons. The predicted molar refractivity (Wildman–Crippen MR) is 94.2 cm³/mol. The summed E-state index contributed by atoms with van der Waals surface area (Å²) in [5.41, 5.74) is 1.03. The van der Waals surface area contributed by atoms with Gasteiger partial charge in [0.2, 0.25) is 0 Å². The van der Waals surface area contributed by atoms with Gasteiger partial charge in [-0.25, -0.2) is 4.39 Å². The van der Waals surface area contributed by atoms with Gasteiger partial charge in [0.25, 0.3) is 12.8 Å². The van der Waals surface area contributed by atoms with Crippen molar-refractivity contribution in [2.45, 2.75) is 6.42 Å². The van der Waals surface area contributed by atoms with Gasteiger partial charge in [-0.15, -0.1) is 11.3 Å². The molecule has 0 bridgehead atoms. The Bertz CT molecular complexity index is 719. The Kier molecular flexibility index (Phi) is 7.21. The van der Waals surface area contributed by atoms with E-state index in [1.54, 1.807) is 31.7 Å². The van der Waals surface area contributed by atoms with Gasteiger partial charge in [-0.1, -0.05) is 17.3 Å². The third-order valence-corrected chi connectivity index (χ3v) is 4.20. The molecule has 1 heterocycles. The number of carbonyl (C=O) groups excluding carboxylic acids is 1. The van der Waals surface area contributed by atoms with Gasteiger partial charge in [0, 0.05) is 6.54 Å². The lowest BCUT2D eigenvalue weighted by Gasteiger charge is -2.10. The van der Waals surface area contributed by atoms with Crippen LogP contribution in [0.4, 0.5) is 4.39 Å². The summed E-state index contributed by atoms with van der Waals surface area (Å²) in [6.45, 7) is -0.706. The van der Waals surface area contributed by atoms with Gasteiger partial charge >= 0.3 is 0 Å². The molecule has 0 aliphatic heterocycles. The first-order valence-corrected chi connectivity index (χ1v) is 8.36. The molecule has 0 aliphatic carbocycles. The number of nitrogens with one attached hydrogen (secondary N) is 1. The van der Waals surface area contributed by atoms with E-state index < -0.39 is 12.8 Å². The topological polar surface area (TPSA) is 69.2 Å². The number of alkyl halides is 1. The molecule has 1 amide bonds. The zero-order valence-corrected chi connectivity index (χ0v) is 14.8. The molecule has 0 spiro atoms. The minimum absolute atomic E-state index is 0.0555. The second-order valence-electron chi connectivity index (χ2n) is 4.85. The molecule has 0 unspecified atom stereocenters. The summed E-state index contributed by atoms with van der Waals surface area (Å²) in [5, 5.41) is 8.12. The van der Waals surface area contributed by atoms with E-state index in [2.05, 4.69) is 15.3 Å². The smallest absolute Gasteiger partial charge is 0.274 e. The van der Waals surface area contributed by atoms with Crippen molar-refractivity contribution in [3.8, 4) is 11.5 Å². The maximum Gasteiger partial charge on any atom is 0.274 e. The lowest BCUT2D eigenvalue weighted by Crippen LogP contribution is -2.33. The number of rotatable bonds is 9. The number of carbonyl (C=O) groups is 1. The molecule has 0 fully saturated rings. The van der Waals surface area contributed by atoms with E-state index in [9.17, 15) is 9.18 Å². The molecular formula is C17H19FN2O4S. The van der Waals surface area contributed by atoms with E-state index in [-0.39, 0.29) is 5.71 Å². The molecule has 134 valence electrons. The molecule has 1 aromatic carbocycles. The first-order chi connectivity index (χ1) is 12.2. The highest BCUT2D eigenvalue weighted by Gasteiger charge is 2.16. The Morgan fingerprint density at radius 3 is 2.68 bits per heavy atom. The lowest BCUT2D eigenvalue weighted by molar-refractivity contribution is -0.114. The molecule has 8 heteroatoms. The molecule has 2 rings (SSSR count). The fourth-order valence-corrected chi connectivity index (χ4v) is 2.84. The summed E-state index contributed by atoms with van der Waals surface area (Å²) < 4.78 is 22.6. The predicted octanol–water partition coefficient (Wildman–Crippen LogP) is 2.77. The number of hydrogen-bond acceptors (Lipinski definition) is 6. The molecule has 1 N–H and O–H groups in total. The highest BCUT2D eigenvalue weighted by Crippen LogP contribution is 2.27. The van der Waals surface area contributed by atoms with E-state index in [4.69, 9.17) is 9.47 Å². The molecule has 0 atom stereocenters. The number of oxime groups is 1. The van der Waals surface area contributed by atoms with Gasteiger partial charge in [0.15, 0.2) is 17.2 Å². The van der Waals surface area contributed by atoms with Gasteiger partial charge in [-0.2, -0.15) is 0 Å². The summed E-state index contributed by atoms with van der Waals surface area (Å²) in [6, 6.07) is 9.06. The molecule has 1 aromatic heterocycles. The van der Waals surface area contributed by atoms with Gasteiger partial charge in [-0.3, -0.25) is 4.79 Å². The monoisotopic (exact) mass is 366 g/mol. The largest absolute Gasteiger partial charge is 0.493 e.